The molecule has 1 heterocycles. The zero-order valence-electron chi connectivity index (χ0n) is 12.8. The van der Waals surface area contributed by atoms with Crippen LogP contribution in [0.1, 0.15) is 0 Å². The van der Waals surface area contributed by atoms with E-state index in [9.17, 15) is 10.1 Å². The van der Waals surface area contributed by atoms with E-state index in [0.717, 1.165) is 16.5 Å². The van der Waals surface area contributed by atoms with Gasteiger partial charge in [0.05, 0.1) is 4.92 Å². The first-order valence-electron chi connectivity index (χ1n) is 7.29. The molecule has 24 heavy (non-hydrogen) atoms. The van der Waals surface area contributed by atoms with Crippen LogP contribution in [0, 0.1) is 10.1 Å². The summed E-state index contributed by atoms with van der Waals surface area (Å²) in [6.07, 6.45) is 2.88. The molecule has 0 aliphatic carbocycles. The molecule has 0 unspecified atom stereocenters. The fraction of sp³-hybridized carbons (Fsp3) is 0.0588. The Balaban J connectivity index is 2.06. The van der Waals surface area contributed by atoms with E-state index in [2.05, 4.69) is 27.2 Å². The normalized spacial score (nSPS) is 10.3. The van der Waals surface area contributed by atoms with Crippen LogP contribution in [0.3, 0.4) is 0 Å². The third-order valence-electron chi connectivity index (χ3n) is 3.46. The second kappa shape index (κ2) is 6.74. The maximum atomic E-state index is 11.5. The Kier molecular flexibility index (Phi) is 4.33. The molecule has 7 heteroatoms. The summed E-state index contributed by atoms with van der Waals surface area (Å²) in [6.45, 7) is 3.95. The summed E-state index contributed by atoms with van der Waals surface area (Å²) in [6, 6.07) is 13.5. The summed E-state index contributed by atoms with van der Waals surface area (Å²) < 4.78 is 0. The number of nitro groups is 1. The molecule has 2 N–H and O–H groups in total. The maximum Gasteiger partial charge on any atom is 0.353 e. The molecule has 0 radical (unpaired) electrons. The molecule has 0 aliphatic rings. The molecule has 2 aromatic carbocycles. The van der Waals surface area contributed by atoms with Gasteiger partial charge in [0, 0.05) is 17.6 Å². The second-order valence-electron chi connectivity index (χ2n) is 5.00. The lowest BCUT2D eigenvalue weighted by atomic mass is 10.1. The third kappa shape index (κ3) is 3.00. The van der Waals surface area contributed by atoms with Gasteiger partial charge in [0.25, 0.3) is 0 Å². The average Bonchev–Trinajstić information content (AvgIpc) is 2.60. The number of nitrogens with one attached hydrogen (secondary N) is 2. The lowest BCUT2D eigenvalue weighted by Gasteiger charge is -2.11. The molecule has 3 rings (SSSR count). The number of hydrogen-bond acceptors (Lipinski definition) is 6. The minimum atomic E-state index is -0.501. The molecule has 7 nitrogen and oxygen atoms in total. The SMILES string of the molecule is C=CCNc1ncnc(Nc2cccc3ccccc23)c1[N+](=O)[O-]. The van der Waals surface area contributed by atoms with Crippen LogP contribution >= 0.6 is 0 Å². The van der Waals surface area contributed by atoms with Crippen molar-refractivity contribution in [1.29, 1.82) is 0 Å². The van der Waals surface area contributed by atoms with Crippen LogP contribution in [0.25, 0.3) is 10.8 Å². The highest BCUT2D eigenvalue weighted by Gasteiger charge is 2.23. The van der Waals surface area contributed by atoms with Crippen LogP contribution < -0.4 is 10.6 Å². The van der Waals surface area contributed by atoms with Crippen molar-refractivity contribution in [2.75, 3.05) is 17.2 Å². The summed E-state index contributed by atoms with van der Waals surface area (Å²) in [5, 5.41) is 19.4. The van der Waals surface area contributed by atoms with Crippen LogP contribution in [0.15, 0.2) is 61.4 Å². The van der Waals surface area contributed by atoms with Gasteiger partial charge in [0.2, 0.25) is 11.6 Å². The standard InChI is InChI=1S/C17H15N5O2/c1-2-10-18-16-15(22(23)24)17(20-11-19-16)21-14-9-5-7-12-6-3-4-8-13(12)14/h2-9,11H,1,10H2,(H2,18,19,20,21). The quantitative estimate of drug-likeness (QED) is 0.406. The molecule has 0 saturated heterocycles. The molecule has 0 amide bonds. The number of anilines is 3. The minimum Gasteiger partial charge on any atom is -0.361 e. The van der Waals surface area contributed by atoms with E-state index >= 15 is 0 Å². The highest BCUT2D eigenvalue weighted by molar-refractivity contribution is 5.96. The van der Waals surface area contributed by atoms with E-state index in [1.807, 2.05) is 42.5 Å². The smallest absolute Gasteiger partial charge is 0.353 e. The van der Waals surface area contributed by atoms with E-state index in [1.54, 1.807) is 6.08 Å². The molecular formula is C17H15N5O2. The van der Waals surface area contributed by atoms with Crippen LogP contribution in [-0.4, -0.2) is 21.4 Å². The van der Waals surface area contributed by atoms with Gasteiger partial charge in [-0.25, -0.2) is 9.97 Å². The third-order valence-corrected chi connectivity index (χ3v) is 3.46. The van der Waals surface area contributed by atoms with Crippen molar-refractivity contribution in [1.82, 2.24) is 9.97 Å². The maximum absolute atomic E-state index is 11.5. The number of nitrogens with zero attached hydrogens (tertiary/aromatic N) is 3. The van der Waals surface area contributed by atoms with Gasteiger partial charge >= 0.3 is 5.69 Å². The van der Waals surface area contributed by atoms with E-state index in [-0.39, 0.29) is 17.3 Å². The van der Waals surface area contributed by atoms with Gasteiger partial charge < -0.3 is 10.6 Å². The zero-order valence-corrected chi connectivity index (χ0v) is 12.8. The summed E-state index contributed by atoms with van der Waals surface area (Å²) in [4.78, 5) is 19.0. The summed E-state index contributed by atoms with van der Waals surface area (Å²) >= 11 is 0. The monoisotopic (exact) mass is 321 g/mol. The molecule has 0 bridgehead atoms. The predicted octanol–water partition coefficient (Wildman–Crippen LogP) is 3.88. The molecule has 0 aliphatic heterocycles. The van der Waals surface area contributed by atoms with Crippen molar-refractivity contribution >= 4 is 33.8 Å². The Morgan fingerprint density at radius 3 is 2.67 bits per heavy atom. The van der Waals surface area contributed by atoms with Crippen molar-refractivity contribution in [2.24, 2.45) is 0 Å². The summed E-state index contributed by atoms with van der Waals surface area (Å²) in [5.74, 6) is 0.288. The molecule has 120 valence electrons. The fourth-order valence-electron chi connectivity index (χ4n) is 2.40. The first kappa shape index (κ1) is 15.4. The molecule has 3 aromatic rings. The highest BCUT2D eigenvalue weighted by Crippen LogP contribution is 2.33. The van der Waals surface area contributed by atoms with Crippen molar-refractivity contribution in [3.63, 3.8) is 0 Å². The molecular weight excluding hydrogens is 306 g/mol. The molecule has 1 aromatic heterocycles. The van der Waals surface area contributed by atoms with Gasteiger partial charge in [-0.1, -0.05) is 42.5 Å². The first-order valence-corrected chi connectivity index (χ1v) is 7.29. The van der Waals surface area contributed by atoms with Crippen LogP contribution in [0.2, 0.25) is 0 Å². The Morgan fingerprint density at radius 2 is 1.88 bits per heavy atom. The van der Waals surface area contributed by atoms with Crippen molar-refractivity contribution in [3.8, 4) is 0 Å². The van der Waals surface area contributed by atoms with Gasteiger partial charge in [0.1, 0.15) is 6.33 Å². The second-order valence-corrected chi connectivity index (χ2v) is 5.00. The highest BCUT2D eigenvalue weighted by atomic mass is 16.6. The summed E-state index contributed by atoms with van der Waals surface area (Å²) in [5.41, 5.74) is 0.539. The van der Waals surface area contributed by atoms with E-state index < -0.39 is 4.92 Å². The van der Waals surface area contributed by atoms with Gasteiger partial charge in [0.15, 0.2) is 0 Å². The number of hydrogen-bond donors (Lipinski definition) is 2. The molecule has 0 saturated carbocycles. The number of aromatic nitrogens is 2. The zero-order chi connectivity index (χ0) is 16.9. The van der Waals surface area contributed by atoms with Crippen LogP contribution in [-0.2, 0) is 0 Å². The van der Waals surface area contributed by atoms with Gasteiger partial charge in [-0.15, -0.1) is 6.58 Å². The lowest BCUT2D eigenvalue weighted by Crippen LogP contribution is -2.08. The number of benzene rings is 2. The number of fused-ring (bicyclic) bond motifs is 1. The van der Waals surface area contributed by atoms with Crippen LogP contribution in [0.5, 0.6) is 0 Å². The van der Waals surface area contributed by atoms with Crippen molar-refractivity contribution in [2.45, 2.75) is 0 Å². The Morgan fingerprint density at radius 1 is 1.12 bits per heavy atom. The topological polar surface area (TPSA) is 93.0 Å². The lowest BCUT2D eigenvalue weighted by molar-refractivity contribution is -0.383. The van der Waals surface area contributed by atoms with E-state index in [4.69, 9.17) is 0 Å². The van der Waals surface area contributed by atoms with Gasteiger partial charge in [-0.05, 0) is 11.5 Å². The van der Waals surface area contributed by atoms with Crippen molar-refractivity contribution in [3.05, 3.63) is 71.6 Å². The Labute approximate surface area is 138 Å². The molecule has 0 atom stereocenters. The molecule has 0 spiro atoms. The molecule has 0 fully saturated rings. The summed E-state index contributed by atoms with van der Waals surface area (Å²) in [7, 11) is 0. The van der Waals surface area contributed by atoms with E-state index in [1.165, 1.54) is 6.33 Å². The fourth-order valence-corrected chi connectivity index (χ4v) is 2.40. The van der Waals surface area contributed by atoms with Gasteiger partial charge in [-0.3, -0.25) is 10.1 Å². The average molecular weight is 321 g/mol. The minimum absolute atomic E-state index is 0.137. The largest absolute Gasteiger partial charge is 0.361 e. The van der Waals surface area contributed by atoms with Gasteiger partial charge in [-0.2, -0.15) is 0 Å². The number of rotatable bonds is 6. The Hall–Kier alpha value is -3.48. The van der Waals surface area contributed by atoms with E-state index in [0.29, 0.717) is 6.54 Å². The Bertz CT molecular complexity index is 905. The van der Waals surface area contributed by atoms with Crippen LogP contribution in [0.4, 0.5) is 23.0 Å². The predicted molar refractivity (Wildman–Crippen MR) is 94.6 cm³/mol. The van der Waals surface area contributed by atoms with Crippen molar-refractivity contribution < 1.29 is 4.92 Å². The first-order chi connectivity index (χ1) is 11.7.